The van der Waals surface area contributed by atoms with E-state index in [9.17, 15) is 12.8 Å². The summed E-state index contributed by atoms with van der Waals surface area (Å²) in [5.41, 5.74) is 4.22. The molecule has 1 fully saturated rings. The van der Waals surface area contributed by atoms with Crippen LogP contribution in [0.5, 0.6) is 0 Å². The number of anilines is 1. The molecule has 0 aliphatic carbocycles. The third-order valence-corrected chi connectivity index (χ3v) is 8.99. The van der Waals surface area contributed by atoms with Crippen molar-refractivity contribution >= 4 is 15.9 Å². The Hall–Kier alpha value is -2.75. The monoisotopic (exact) mass is 497 g/mol. The van der Waals surface area contributed by atoms with Crippen LogP contribution in [-0.4, -0.2) is 58.8 Å². The third-order valence-electron chi connectivity index (χ3n) is 7.04. The SMILES string of the molecule is O=S(=O)(N1CCC(F)CC1)N1Cc2ccccc2N(Cc2cnc[nH]2)[C@H](CCc2ccccc2)C1. The van der Waals surface area contributed by atoms with Gasteiger partial charge in [0.2, 0.25) is 0 Å². The van der Waals surface area contributed by atoms with Crippen LogP contribution in [0.1, 0.15) is 36.1 Å². The average molecular weight is 498 g/mol. The number of para-hydroxylation sites is 1. The third kappa shape index (κ3) is 5.42. The minimum absolute atomic E-state index is 0.0457. The van der Waals surface area contributed by atoms with Gasteiger partial charge in [0, 0.05) is 44.1 Å². The number of imidazole rings is 1. The van der Waals surface area contributed by atoms with Gasteiger partial charge < -0.3 is 9.88 Å². The number of benzene rings is 2. The number of fused-ring (bicyclic) bond motifs is 1. The van der Waals surface area contributed by atoms with Crippen molar-refractivity contribution in [2.45, 2.75) is 51.0 Å². The molecule has 35 heavy (non-hydrogen) atoms. The zero-order valence-electron chi connectivity index (χ0n) is 19.8. The Labute approximate surface area is 206 Å². The van der Waals surface area contributed by atoms with Crippen LogP contribution in [0.2, 0.25) is 0 Å². The number of aromatic amines is 1. The second-order valence-electron chi connectivity index (χ2n) is 9.39. The van der Waals surface area contributed by atoms with Gasteiger partial charge >= 0.3 is 0 Å². The summed E-state index contributed by atoms with van der Waals surface area (Å²) in [6.07, 6.45) is 4.72. The van der Waals surface area contributed by atoms with E-state index in [0.29, 0.717) is 19.6 Å². The first-order valence-electron chi connectivity index (χ1n) is 12.3. The van der Waals surface area contributed by atoms with Crippen molar-refractivity contribution in [2.75, 3.05) is 24.5 Å². The van der Waals surface area contributed by atoms with Crippen molar-refractivity contribution in [2.24, 2.45) is 0 Å². The largest absolute Gasteiger partial charge is 0.361 e. The molecule has 0 unspecified atom stereocenters. The van der Waals surface area contributed by atoms with Crippen LogP contribution in [-0.2, 0) is 29.7 Å². The van der Waals surface area contributed by atoms with Crippen LogP contribution in [0, 0.1) is 0 Å². The standard InChI is InChI=1S/C26H32FN5O2S/c27-23-12-14-30(15-13-23)35(33,34)31-17-22-8-4-5-9-26(22)32(18-24-16-28-20-29-24)25(19-31)11-10-21-6-2-1-3-7-21/h1-9,16,20,23,25H,10-15,17-19H2,(H,28,29)/t25-/m1/s1. The Bertz CT molecular complexity index is 1200. The molecule has 2 aromatic carbocycles. The van der Waals surface area contributed by atoms with E-state index in [1.807, 2.05) is 42.6 Å². The van der Waals surface area contributed by atoms with E-state index in [0.717, 1.165) is 29.8 Å². The zero-order valence-corrected chi connectivity index (χ0v) is 20.6. The number of halogens is 1. The van der Waals surface area contributed by atoms with Gasteiger partial charge in [-0.3, -0.25) is 0 Å². The fourth-order valence-electron chi connectivity index (χ4n) is 5.10. The molecule has 0 saturated carbocycles. The van der Waals surface area contributed by atoms with Gasteiger partial charge in [0.25, 0.3) is 10.2 Å². The summed E-state index contributed by atoms with van der Waals surface area (Å²) in [5.74, 6) is 0. The normalized spacial score (nSPS) is 20.5. The van der Waals surface area contributed by atoms with Gasteiger partial charge in [0.15, 0.2) is 0 Å². The van der Waals surface area contributed by atoms with Crippen LogP contribution in [0.25, 0.3) is 0 Å². The summed E-state index contributed by atoms with van der Waals surface area (Å²) in [4.78, 5) is 9.69. The highest BCUT2D eigenvalue weighted by Gasteiger charge is 2.38. The van der Waals surface area contributed by atoms with E-state index >= 15 is 0 Å². The van der Waals surface area contributed by atoms with Gasteiger partial charge in [-0.15, -0.1) is 0 Å². The summed E-state index contributed by atoms with van der Waals surface area (Å²) in [6, 6.07) is 18.3. The minimum Gasteiger partial charge on any atom is -0.361 e. The highest BCUT2D eigenvalue weighted by Crippen LogP contribution is 2.33. The number of hydrogen-bond donors (Lipinski definition) is 1. The number of nitrogens with one attached hydrogen (secondary N) is 1. The van der Waals surface area contributed by atoms with Crippen LogP contribution in [0.4, 0.5) is 10.1 Å². The van der Waals surface area contributed by atoms with Crippen molar-refractivity contribution in [3.63, 3.8) is 0 Å². The number of H-pyrrole nitrogens is 1. The fourth-order valence-corrected chi connectivity index (χ4v) is 6.76. The highest BCUT2D eigenvalue weighted by atomic mass is 32.2. The highest BCUT2D eigenvalue weighted by molar-refractivity contribution is 7.86. The molecule has 7 nitrogen and oxygen atoms in total. The van der Waals surface area contributed by atoms with Crippen molar-refractivity contribution in [3.05, 3.63) is 83.9 Å². The Morgan fingerprint density at radius 2 is 1.74 bits per heavy atom. The summed E-state index contributed by atoms with van der Waals surface area (Å²) in [5, 5.41) is 0. The Balaban J connectivity index is 1.48. The smallest absolute Gasteiger partial charge is 0.282 e. The van der Waals surface area contributed by atoms with Crippen LogP contribution in [0.15, 0.2) is 67.1 Å². The van der Waals surface area contributed by atoms with E-state index in [4.69, 9.17) is 0 Å². The van der Waals surface area contributed by atoms with Crippen molar-refractivity contribution in [1.82, 2.24) is 18.6 Å². The van der Waals surface area contributed by atoms with Crippen molar-refractivity contribution in [1.29, 1.82) is 0 Å². The Kier molecular flexibility index (Phi) is 7.17. The first-order valence-corrected chi connectivity index (χ1v) is 13.7. The molecule has 3 aromatic rings. The molecule has 0 bridgehead atoms. The quantitative estimate of drug-likeness (QED) is 0.537. The van der Waals surface area contributed by atoms with Crippen LogP contribution >= 0.6 is 0 Å². The van der Waals surface area contributed by atoms with Gasteiger partial charge in [-0.1, -0.05) is 48.5 Å². The lowest BCUT2D eigenvalue weighted by atomic mass is 10.0. The Morgan fingerprint density at radius 1 is 1.00 bits per heavy atom. The fraction of sp³-hybridized carbons (Fsp3) is 0.423. The van der Waals surface area contributed by atoms with Crippen molar-refractivity contribution in [3.8, 4) is 0 Å². The van der Waals surface area contributed by atoms with Gasteiger partial charge in [0.05, 0.1) is 18.6 Å². The molecule has 5 rings (SSSR count). The van der Waals surface area contributed by atoms with Gasteiger partial charge in [-0.25, -0.2) is 9.37 Å². The predicted molar refractivity (Wildman–Crippen MR) is 135 cm³/mol. The molecule has 0 amide bonds. The molecular weight excluding hydrogens is 465 g/mol. The number of piperidine rings is 1. The maximum atomic E-state index is 13.8. The summed E-state index contributed by atoms with van der Waals surface area (Å²) in [6.45, 7) is 1.74. The van der Waals surface area contributed by atoms with E-state index < -0.39 is 16.4 Å². The molecular formula is C26H32FN5O2S. The van der Waals surface area contributed by atoms with E-state index in [-0.39, 0.29) is 32.0 Å². The molecule has 1 N–H and O–H groups in total. The molecule has 1 atom stereocenters. The van der Waals surface area contributed by atoms with Crippen LogP contribution < -0.4 is 4.90 Å². The maximum Gasteiger partial charge on any atom is 0.282 e. The second kappa shape index (κ2) is 10.5. The minimum atomic E-state index is -3.72. The van der Waals surface area contributed by atoms with E-state index in [1.54, 1.807) is 10.6 Å². The average Bonchev–Trinajstić information content (AvgIpc) is 3.33. The lowest BCUT2D eigenvalue weighted by molar-refractivity contribution is 0.200. The topological polar surface area (TPSA) is 72.5 Å². The lowest BCUT2D eigenvalue weighted by Gasteiger charge is -2.36. The molecule has 9 heteroatoms. The molecule has 0 spiro atoms. The molecule has 1 aromatic heterocycles. The Morgan fingerprint density at radius 3 is 2.49 bits per heavy atom. The van der Waals surface area contributed by atoms with Gasteiger partial charge in [0.1, 0.15) is 6.17 Å². The molecule has 3 heterocycles. The number of hydrogen-bond acceptors (Lipinski definition) is 4. The molecule has 1 saturated heterocycles. The maximum absolute atomic E-state index is 13.8. The number of alkyl halides is 1. The molecule has 186 valence electrons. The van der Waals surface area contributed by atoms with Crippen LogP contribution in [0.3, 0.4) is 0 Å². The number of rotatable bonds is 7. The predicted octanol–water partition coefficient (Wildman–Crippen LogP) is 3.91. The zero-order chi connectivity index (χ0) is 24.3. The van der Waals surface area contributed by atoms with E-state index in [1.165, 1.54) is 9.87 Å². The second-order valence-corrected chi connectivity index (χ2v) is 11.3. The number of aromatic nitrogens is 2. The van der Waals surface area contributed by atoms with E-state index in [2.05, 4.69) is 33.1 Å². The molecule has 0 radical (unpaired) electrons. The van der Waals surface area contributed by atoms with Gasteiger partial charge in [-0.2, -0.15) is 17.0 Å². The summed E-state index contributed by atoms with van der Waals surface area (Å²) in [7, 11) is -3.72. The lowest BCUT2D eigenvalue weighted by Crippen LogP contribution is -2.50. The first kappa shape index (κ1) is 24.0. The summed E-state index contributed by atoms with van der Waals surface area (Å²) < 4.78 is 44.3. The number of aryl methyl sites for hydroxylation is 1. The number of nitrogens with zero attached hydrogens (tertiary/aromatic N) is 4. The van der Waals surface area contributed by atoms with Crippen molar-refractivity contribution < 1.29 is 12.8 Å². The molecule has 2 aliphatic heterocycles. The van der Waals surface area contributed by atoms with Gasteiger partial charge in [-0.05, 0) is 42.9 Å². The first-order chi connectivity index (χ1) is 17.0. The molecule has 2 aliphatic rings. The summed E-state index contributed by atoms with van der Waals surface area (Å²) >= 11 is 0.